The van der Waals surface area contributed by atoms with Crippen molar-refractivity contribution in [2.75, 3.05) is 13.1 Å². The van der Waals surface area contributed by atoms with E-state index in [-0.39, 0.29) is 28.3 Å². The Bertz CT molecular complexity index is 136. The number of carboxylic acid groups (broad SMARTS) is 2. The molecule has 8 heteroatoms. The Kier molecular flexibility index (Phi) is 12.3. The molecule has 0 radical (unpaired) electrons. The minimum atomic E-state index is -1.27. The van der Waals surface area contributed by atoms with Crippen LogP contribution in [0.3, 0.4) is 0 Å². The first-order valence-corrected chi connectivity index (χ1v) is 2.40. The van der Waals surface area contributed by atoms with Crippen LogP contribution >= 0.6 is 0 Å². The van der Waals surface area contributed by atoms with Crippen molar-refractivity contribution < 1.29 is 42.1 Å². The van der Waals surface area contributed by atoms with E-state index in [1.54, 1.807) is 0 Å². The third kappa shape index (κ3) is 12.1. The van der Waals surface area contributed by atoms with Gasteiger partial charge in [-0.1, -0.05) is 0 Å². The van der Waals surface area contributed by atoms with E-state index in [2.05, 4.69) is 0 Å². The molecule has 0 rings (SSSR count). The Labute approximate surface area is 79.0 Å². The second-order valence-electron chi connectivity index (χ2n) is 1.61. The van der Waals surface area contributed by atoms with Gasteiger partial charge in [0.05, 0.1) is 0 Å². The van der Waals surface area contributed by atoms with Crippen LogP contribution in [0.15, 0.2) is 0 Å². The second kappa shape index (κ2) is 8.44. The van der Waals surface area contributed by atoms with Gasteiger partial charge >= 0.3 is 11.9 Å². The molecular weight excluding hydrogens is 212 g/mol. The van der Waals surface area contributed by atoms with Crippen molar-refractivity contribution in [2.45, 2.75) is 0 Å². The molecule has 12 heavy (non-hydrogen) atoms. The van der Waals surface area contributed by atoms with Gasteiger partial charge in [0.15, 0.2) is 0 Å². The van der Waals surface area contributed by atoms with Crippen LogP contribution in [0.2, 0.25) is 0 Å². The van der Waals surface area contributed by atoms with E-state index >= 15 is 0 Å². The quantitative estimate of drug-likeness (QED) is 0.354. The predicted octanol–water partition coefficient (Wildman–Crippen LogP) is -0.994. The number of hydrogen-bond acceptors (Lipinski definition) is 5. The molecule has 0 unspecified atom stereocenters. The molecule has 74 valence electrons. The standard InChI is InChI=1S/C4H7NO5.Fe.H3N/c6-3(7)1-5(10)2-4(8)9;;/h10H,1-2H2,(H,6,7)(H,8,9);;1H3. The van der Waals surface area contributed by atoms with Crippen LogP contribution in [-0.4, -0.2) is 45.5 Å². The summed E-state index contributed by atoms with van der Waals surface area (Å²) in [7, 11) is 0. The van der Waals surface area contributed by atoms with E-state index < -0.39 is 25.0 Å². The maximum Gasteiger partial charge on any atom is 0.320 e. The van der Waals surface area contributed by atoms with Gasteiger partial charge in [0.25, 0.3) is 0 Å². The summed E-state index contributed by atoms with van der Waals surface area (Å²) < 4.78 is 0. The van der Waals surface area contributed by atoms with Crippen molar-refractivity contribution in [3.05, 3.63) is 0 Å². The van der Waals surface area contributed by atoms with E-state index in [9.17, 15) is 9.59 Å². The molecule has 0 saturated heterocycles. The molecule has 0 fully saturated rings. The third-order valence-corrected chi connectivity index (χ3v) is 0.636. The molecular formula is C4H10FeN2O5. The van der Waals surface area contributed by atoms with Gasteiger partial charge in [0, 0.05) is 17.1 Å². The molecule has 0 aromatic heterocycles. The average molecular weight is 222 g/mol. The molecule has 0 saturated carbocycles. The molecule has 6 N–H and O–H groups in total. The normalized spacial score (nSPS) is 8.17. The fourth-order valence-corrected chi connectivity index (χ4v) is 0.368. The number of carbonyl (C=O) groups is 2. The Morgan fingerprint density at radius 2 is 1.33 bits per heavy atom. The van der Waals surface area contributed by atoms with Gasteiger partial charge in [-0.2, -0.15) is 5.06 Å². The summed E-state index contributed by atoms with van der Waals surface area (Å²) in [5.74, 6) is -2.55. The van der Waals surface area contributed by atoms with Crippen LogP contribution in [0.5, 0.6) is 0 Å². The van der Waals surface area contributed by atoms with Gasteiger partial charge in [0.2, 0.25) is 0 Å². The number of aliphatic carboxylic acids is 2. The predicted molar refractivity (Wildman–Crippen MR) is 33.7 cm³/mol. The van der Waals surface area contributed by atoms with Crippen molar-refractivity contribution in [1.82, 2.24) is 11.2 Å². The Morgan fingerprint density at radius 3 is 1.50 bits per heavy atom. The van der Waals surface area contributed by atoms with Gasteiger partial charge in [-0.05, 0) is 0 Å². The minimum absolute atomic E-state index is 0. The molecule has 0 spiro atoms. The van der Waals surface area contributed by atoms with Crippen LogP contribution in [0.25, 0.3) is 0 Å². The number of hydroxylamine groups is 2. The zero-order chi connectivity index (χ0) is 8.15. The first-order chi connectivity index (χ1) is 4.52. The summed E-state index contributed by atoms with van der Waals surface area (Å²) in [5.41, 5.74) is 0. The summed E-state index contributed by atoms with van der Waals surface area (Å²) >= 11 is 0. The summed E-state index contributed by atoms with van der Waals surface area (Å²) in [6, 6.07) is 0. The number of rotatable bonds is 4. The molecule has 0 aromatic carbocycles. The summed E-state index contributed by atoms with van der Waals surface area (Å²) in [4.78, 5) is 19.6. The van der Waals surface area contributed by atoms with Crippen LogP contribution in [0.4, 0.5) is 0 Å². The van der Waals surface area contributed by atoms with Gasteiger partial charge in [-0.15, -0.1) is 0 Å². The number of nitrogens with zero attached hydrogens (tertiary/aromatic N) is 1. The maximum absolute atomic E-state index is 9.80. The second-order valence-corrected chi connectivity index (χ2v) is 1.61. The van der Waals surface area contributed by atoms with Crippen molar-refractivity contribution in [3.8, 4) is 0 Å². The fourth-order valence-electron chi connectivity index (χ4n) is 0.368. The first kappa shape index (κ1) is 17.4. The van der Waals surface area contributed by atoms with Gasteiger partial charge in [-0.3, -0.25) is 9.59 Å². The zero-order valence-electron chi connectivity index (χ0n) is 6.08. The van der Waals surface area contributed by atoms with Crippen molar-refractivity contribution in [2.24, 2.45) is 0 Å². The smallest absolute Gasteiger partial charge is 0.320 e. The van der Waals surface area contributed by atoms with E-state index in [1.807, 2.05) is 0 Å². The Morgan fingerprint density at radius 1 is 1.08 bits per heavy atom. The summed E-state index contributed by atoms with van der Waals surface area (Å²) in [5, 5.41) is 24.7. The van der Waals surface area contributed by atoms with Crippen LogP contribution in [0.1, 0.15) is 0 Å². The topological polar surface area (TPSA) is 133 Å². The molecule has 0 aromatic rings. The van der Waals surface area contributed by atoms with Gasteiger partial charge in [0.1, 0.15) is 13.1 Å². The molecule has 7 nitrogen and oxygen atoms in total. The fraction of sp³-hybridized carbons (Fsp3) is 0.500. The number of carboxylic acids is 2. The van der Waals surface area contributed by atoms with Crippen molar-refractivity contribution >= 4 is 11.9 Å². The van der Waals surface area contributed by atoms with E-state index in [4.69, 9.17) is 15.4 Å². The molecule has 0 atom stereocenters. The minimum Gasteiger partial charge on any atom is -0.480 e. The van der Waals surface area contributed by atoms with Crippen LogP contribution in [0, 0.1) is 0 Å². The molecule has 0 aliphatic rings. The van der Waals surface area contributed by atoms with Crippen molar-refractivity contribution in [3.63, 3.8) is 0 Å². The largest absolute Gasteiger partial charge is 0.480 e. The Balaban J connectivity index is -0.000000405. The Hall–Kier alpha value is -0.661. The molecule has 0 aliphatic heterocycles. The van der Waals surface area contributed by atoms with Crippen molar-refractivity contribution in [1.29, 1.82) is 0 Å². The van der Waals surface area contributed by atoms with Crippen LogP contribution < -0.4 is 6.15 Å². The average Bonchev–Trinajstić information content (AvgIpc) is 1.58. The van der Waals surface area contributed by atoms with Gasteiger partial charge < -0.3 is 21.6 Å². The molecule has 0 amide bonds. The molecule has 0 aliphatic carbocycles. The van der Waals surface area contributed by atoms with Gasteiger partial charge in [-0.25, -0.2) is 0 Å². The molecule has 0 bridgehead atoms. The summed E-state index contributed by atoms with van der Waals surface area (Å²) in [6.45, 7) is -1.38. The van der Waals surface area contributed by atoms with E-state index in [1.165, 1.54) is 0 Å². The maximum atomic E-state index is 9.80. The first-order valence-electron chi connectivity index (χ1n) is 2.40. The van der Waals surface area contributed by atoms with E-state index in [0.29, 0.717) is 0 Å². The van der Waals surface area contributed by atoms with E-state index in [0.717, 1.165) is 0 Å². The number of hydrogen-bond donors (Lipinski definition) is 4. The SMILES string of the molecule is N.O=C(O)CN(O)CC(=O)O.[Fe]. The zero-order valence-corrected chi connectivity index (χ0v) is 7.18. The monoisotopic (exact) mass is 222 g/mol. The third-order valence-electron chi connectivity index (χ3n) is 0.636. The summed E-state index contributed by atoms with van der Waals surface area (Å²) in [6.07, 6.45) is 0. The van der Waals surface area contributed by atoms with Crippen LogP contribution in [-0.2, 0) is 26.7 Å². The molecule has 0 heterocycles.